The number of carbonyl (C=O) groups excluding carboxylic acids is 1. The largest absolute Gasteiger partial charge is 0.399 e. The van der Waals surface area contributed by atoms with Crippen molar-refractivity contribution in [1.82, 2.24) is 4.90 Å². The number of nitrogen functional groups attached to an aromatic ring is 1. The molecule has 1 fully saturated rings. The standard InChI is InChI=1S/C12H16N2O3S/c1-14(10-5-6-10)12(15)8-18(16,17)11-4-2-3-9(13)7-11/h2-4,7,10H,5-6,8,13H2,1H3. The second-order valence-electron chi connectivity index (χ2n) is 4.57. The average molecular weight is 268 g/mol. The predicted octanol–water partition coefficient (Wildman–Crippen LogP) is 0.663. The molecule has 1 saturated carbocycles. The van der Waals surface area contributed by atoms with Gasteiger partial charge in [0.2, 0.25) is 5.91 Å². The first kappa shape index (κ1) is 12.9. The minimum absolute atomic E-state index is 0.0973. The minimum Gasteiger partial charge on any atom is -0.399 e. The molecule has 0 bridgehead atoms. The molecule has 0 saturated heterocycles. The summed E-state index contributed by atoms with van der Waals surface area (Å²) in [6, 6.07) is 6.22. The first-order valence-corrected chi connectivity index (χ1v) is 7.39. The van der Waals surface area contributed by atoms with E-state index in [9.17, 15) is 13.2 Å². The Hall–Kier alpha value is -1.56. The van der Waals surface area contributed by atoms with Crippen molar-refractivity contribution in [3.63, 3.8) is 0 Å². The van der Waals surface area contributed by atoms with Crippen LogP contribution >= 0.6 is 0 Å². The van der Waals surface area contributed by atoms with Crippen LogP contribution in [0.3, 0.4) is 0 Å². The molecule has 0 unspecified atom stereocenters. The van der Waals surface area contributed by atoms with E-state index in [2.05, 4.69) is 0 Å². The second-order valence-corrected chi connectivity index (χ2v) is 6.56. The predicted molar refractivity (Wildman–Crippen MR) is 68.7 cm³/mol. The lowest BCUT2D eigenvalue weighted by Gasteiger charge is -2.16. The smallest absolute Gasteiger partial charge is 0.238 e. The van der Waals surface area contributed by atoms with Crippen LogP contribution in [0.2, 0.25) is 0 Å². The third-order valence-electron chi connectivity index (χ3n) is 3.02. The van der Waals surface area contributed by atoms with E-state index < -0.39 is 15.6 Å². The van der Waals surface area contributed by atoms with Crippen molar-refractivity contribution in [2.75, 3.05) is 18.5 Å². The Morgan fingerprint density at radius 1 is 1.44 bits per heavy atom. The SMILES string of the molecule is CN(C(=O)CS(=O)(=O)c1cccc(N)c1)C1CC1. The van der Waals surface area contributed by atoms with E-state index in [-0.39, 0.29) is 16.8 Å². The molecule has 0 aliphatic heterocycles. The molecule has 5 nitrogen and oxygen atoms in total. The van der Waals surface area contributed by atoms with Gasteiger partial charge in [-0.25, -0.2) is 8.42 Å². The quantitative estimate of drug-likeness (QED) is 0.814. The normalized spacial score (nSPS) is 15.4. The van der Waals surface area contributed by atoms with E-state index in [1.54, 1.807) is 19.2 Å². The highest BCUT2D eigenvalue weighted by Crippen LogP contribution is 2.26. The highest BCUT2D eigenvalue weighted by molar-refractivity contribution is 7.92. The van der Waals surface area contributed by atoms with Crippen molar-refractivity contribution in [1.29, 1.82) is 0 Å². The number of nitrogens with zero attached hydrogens (tertiary/aromatic N) is 1. The van der Waals surface area contributed by atoms with Gasteiger partial charge in [-0.1, -0.05) is 6.07 Å². The summed E-state index contributed by atoms with van der Waals surface area (Å²) in [5.74, 6) is -0.858. The molecule has 0 atom stereocenters. The number of nitrogens with two attached hydrogens (primary N) is 1. The summed E-state index contributed by atoms with van der Waals surface area (Å²) < 4.78 is 24.1. The van der Waals surface area contributed by atoms with E-state index in [0.717, 1.165) is 12.8 Å². The molecule has 98 valence electrons. The summed E-state index contributed by atoms with van der Waals surface area (Å²) in [7, 11) is -1.96. The monoisotopic (exact) mass is 268 g/mol. The van der Waals surface area contributed by atoms with Gasteiger partial charge in [-0.3, -0.25) is 4.79 Å². The third-order valence-corrected chi connectivity index (χ3v) is 4.62. The molecule has 1 aliphatic carbocycles. The molecule has 1 amide bonds. The van der Waals surface area contributed by atoms with Crippen LogP contribution in [0.1, 0.15) is 12.8 Å². The lowest BCUT2D eigenvalue weighted by atomic mass is 10.3. The van der Waals surface area contributed by atoms with Gasteiger partial charge in [0, 0.05) is 18.8 Å². The minimum atomic E-state index is -3.60. The number of hydrogen-bond acceptors (Lipinski definition) is 4. The molecule has 2 rings (SSSR count). The Kier molecular flexibility index (Phi) is 3.30. The van der Waals surface area contributed by atoms with Crippen LogP contribution < -0.4 is 5.73 Å². The molecule has 1 aromatic rings. The molecular weight excluding hydrogens is 252 g/mol. The average Bonchev–Trinajstić information content (AvgIpc) is 3.11. The van der Waals surface area contributed by atoms with E-state index in [4.69, 9.17) is 5.73 Å². The van der Waals surface area contributed by atoms with Gasteiger partial charge >= 0.3 is 0 Å². The van der Waals surface area contributed by atoms with Crippen molar-refractivity contribution in [2.24, 2.45) is 0 Å². The molecule has 6 heteroatoms. The third kappa shape index (κ3) is 2.81. The zero-order valence-electron chi connectivity index (χ0n) is 10.2. The zero-order valence-corrected chi connectivity index (χ0v) is 11.0. The lowest BCUT2D eigenvalue weighted by Crippen LogP contribution is -2.34. The first-order chi connectivity index (χ1) is 8.40. The van der Waals surface area contributed by atoms with Crippen molar-refractivity contribution in [3.05, 3.63) is 24.3 Å². The summed E-state index contributed by atoms with van der Waals surface area (Å²) in [5, 5.41) is 0. The van der Waals surface area contributed by atoms with E-state index in [1.807, 2.05) is 0 Å². The van der Waals surface area contributed by atoms with Crippen LogP contribution in [0.15, 0.2) is 29.2 Å². The maximum atomic E-state index is 12.0. The van der Waals surface area contributed by atoms with Gasteiger partial charge in [-0.05, 0) is 31.0 Å². The number of hydrogen-bond donors (Lipinski definition) is 1. The molecular formula is C12H16N2O3S. The topological polar surface area (TPSA) is 80.5 Å². The number of carbonyl (C=O) groups is 1. The van der Waals surface area contributed by atoms with Crippen molar-refractivity contribution < 1.29 is 13.2 Å². The maximum Gasteiger partial charge on any atom is 0.238 e. The fourth-order valence-electron chi connectivity index (χ4n) is 1.72. The number of sulfone groups is 1. The summed E-state index contributed by atoms with van der Waals surface area (Å²) in [5.41, 5.74) is 5.92. The van der Waals surface area contributed by atoms with Gasteiger partial charge in [0.15, 0.2) is 9.84 Å². The summed E-state index contributed by atoms with van der Waals surface area (Å²) in [4.78, 5) is 13.4. The van der Waals surface area contributed by atoms with Gasteiger partial charge < -0.3 is 10.6 Å². The van der Waals surface area contributed by atoms with Crippen molar-refractivity contribution in [2.45, 2.75) is 23.8 Å². The molecule has 0 spiro atoms. The van der Waals surface area contributed by atoms with Crippen molar-refractivity contribution >= 4 is 21.4 Å². The van der Waals surface area contributed by atoms with Crippen LogP contribution in [0, 0.1) is 0 Å². The highest BCUT2D eigenvalue weighted by Gasteiger charge is 2.32. The first-order valence-electron chi connectivity index (χ1n) is 5.74. The molecule has 2 N–H and O–H groups in total. The fourth-order valence-corrected chi connectivity index (χ4v) is 3.02. The lowest BCUT2D eigenvalue weighted by molar-refractivity contribution is -0.127. The van der Waals surface area contributed by atoms with Crippen LogP contribution in [0.4, 0.5) is 5.69 Å². The second kappa shape index (κ2) is 4.61. The molecule has 0 radical (unpaired) electrons. The molecule has 0 aromatic heterocycles. The molecule has 1 aliphatic rings. The Morgan fingerprint density at radius 3 is 2.67 bits per heavy atom. The summed E-state index contributed by atoms with van der Waals surface area (Å²) in [6.07, 6.45) is 1.92. The molecule has 18 heavy (non-hydrogen) atoms. The Bertz CT molecular complexity index is 564. The summed E-state index contributed by atoms with van der Waals surface area (Å²) in [6.45, 7) is 0. The number of benzene rings is 1. The highest BCUT2D eigenvalue weighted by atomic mass is 32.2. The molecule has 1 aromatic carbocycles. The number of rotatable bonds is 4. The fraction of sp³-hybridized carbons (Fsp3) is 0.417. The van der Waals surface area contributed by atoms with Crippen LogP contribution in [0.25, 0.3) is 0 Å². The summed E-state index contributed by atoms with van der Waals surface area (Å²) >= 11 is 0. The zero-order chi connectivity index (χ0) is 13.3. The Morgan fingerprint density at radius 2 is 2.11 bits per heavy atom. The van der Waals surface area contributed by atoms with Crippen LogP contribution in [-0.2, 0) is 14.6 Å². The number of anilines is 1. The van der Waals surface area contributed by atoms with Gasteiger partial charge in [-0.2, -0.15) is 0 Å². The van der Waals surface area contributed by atoms with Crippen molar-refractivity contribution in [3.8, 4) is 0 Å². The number of amides is 1. The molecule has 0 heterocycles. The maximum absolute atomic E-state index is 12.0. The van der Waals surface area contributed by atoms with Gasteiger partial charge in [0.05, 0.1) is 4.90 Å². The van der Waals surface area contributed by atoms with Gasteiger partial charge in [-0.15, -0.1) is 0 Å². The Balaban J connectivity index is 2.14. The van der Waals surface area contributed by atoms with Crippen LogP contribution in [0.5, 0.6) is 0 Å². The van der Waals surface area contributed by atoms with Gasteiger partial charge in [0.1, 0.15) is 5.75 Å². The van der Waals surface area contributed by atoms with Gasteiger partial charge in [0.25, 0.3) is 0 Å². The van der Waals surface area contributed by atoms with E-state index in [1.165, 1.54) is 17.0 Å². The Labute approximate surface area is 107 Å². The van der Waals surface area contributed by atoms with Crippen LogP contribution in [-0.4, -0.2) is 38.1 Å². The van der Waals surface area contributed by atoms with E-state index >= 15 is 0 Å². The van der Waals surface area contributed by atoms with E-state index in [0.29, 0.717) is 5.69 Å².